The molecule has 3 fully saturated rings. The highest BCUT2D eigenvalue weighted by molar-refractivity contribution is 5.85. The average Bonchev–Trinajstić information content (AvgIpc) is 3.38. The average molecular weight is 389 g/mol. The number of rotatable bonds is 4. The van der Waals surface area contributed by atoms with Crippen LogP contribution in [0.3, 0.4) is 0 Å². The number of halogens is 1. The van der Waals surface area contributed by atoms with Crippen molar-refractivity contribution in [3.8, 4) is 11.4 Å². The van der Waals surface area contributed by atoms with Crippen LogP contribution in [-0.2, 0) is 12.0 Å². The molecule has 0 amide bonds. The molecule has 5 rings (SSSR count). The third-order valence-electron chi connectivity index (χ3n) is 6.68. The summed E-state index contributed by atoms with van der Waals surface area (Å²) in [6.45, 7) is 5.52. The molecule has 1 aromatic carbocycles. The molecule has 27 heavy (non-hydrogen) atoms. The SMILES string of the molecule is Cl.c1cc(CN2CCCCC2)cc(-c2noc([C@@]34CCC[C@@H]3CNC4)n2)c1. The predicted octanol–water partition coefficient (Wildman–Crippen LogP) is 3.79. The summed E-state index contributed by atoms with van der Waals surface area (Å²) in [4.78, 5) is 7.40. The summed E-state index contributed by atoms with van der Waals surface area (Å²) in [5, 5.41) is 7.88. The molecule has 3 aliphatic rings. The first-order valence-corrected chi connectivity index (χ1v) is 10.2. The summed E-state index contributed by atoms with van der Waals surface area (Å²) in [5.74, 6) is 2.25. The van der Waals surface area contributed by atoms with Gasteiger partial charge < -0.3 is 9.84 Å². The highest BCUT2D eigenvalue weighted by Gasteiger charge is 2.51. The van der Waals surface area contributed by atoms with E-state index >= 15 is 0 Å². The van der Waals surface area contributed by atoms with Crippen LogP contribution in [0.5, 0.6) is 0 Å². The molecule has 3 heterocycles. The molecule has 1 N–H and O–H groups in total. The first-order chi connectivity index (χ1) is 12.8. The van der Waals surface area contributed by atoms with Crippen LogP contribution in [0.2, 0.25) is 0 Å². The maximum atomic E-state index is 5.79. The summed E-state index contributed by atoms with van der Waals surface area (Å²) in [5.41, 5.74) is 2.50. The Bertz CT molecular complexity index is 761. The van der Waals surface area contributed by atoms with Crippen LogP contribution in [0.15, 0.2) is 28.8 Å². The van der Waals surface area contributed by atoms with E-state index < -0.39 is 0 Å². The van der Waals surface area contributed by atoms with Crippen molar-refractivity contribution in [3.05, 3.63) is 35.7 Å². The summed E-state index contributed by atoms with van der Waals surface area (Å²) in [7, 11) is 0. The van der Waals surface area contributed by atoms with Gasteiger partial charge in [-0.2, -0.15) is 4.98 Å². The molecule has 6 heteroatoms. The topological polar surface area (TPSA) is 54.2 Å². The fourth-order valence-electron chi connectivity index (χ4n) is 5.23. The highest BCUT2D eigenvalue weighted by Crippen LogP contribution is 2.47. The molecule has 1 saturated carbocycles. The molecule has 0 unspecified atom stereocenters. The van der Waals surface area contributed by atoms with E-state index in [1.807, 2.05) is 0 Å². The monoisotopic (exact) mass is 388 g/mol. The van der Waals surface area contributed by atoms with Crippen molar-refractivity contribution in [1.82, 2.24) is 20.4 Å². The van der Waals surface area contributed by atoms with Gasteiger partial charge >= 0.3 is 0 Å². The van der Waals surface area contributed by atoms with Crippen molar-refractivity contribution in [2.45, 2.75) is 50.5 Å². The standard InChI is InChI=1S/C21H28N4O.ClH/c1-2-10-25(11-3-1)14-16-6-4-7-17(12-16)19-23-20(26-24-19)21-9-5-8-18(21)13-22-15-21;/h4,6-7,12,18,22H,1-3,5,8-11,13-15H2;1H/t18-,21-;/m1./s1. The third-order valence-corrected chi connectivity index (χ3v) is 6.68. The molecular formula is C21H29ClN4O. The molecule has 0 radical (unpaired) electrons. The fourth-order valence-corrected chi connectivity index (χ4v) is 5.23. The molecule has 2 aromatic rings. The zero-order chi connectivity index (χ0) is 17.4. The second-order valence-electron chi connectivity index (χ2n) is 8.34. The second-order valence-corrected chi connectivity index (χ2v) is 8.34. The van der Waals surface area contributed by atoms with Crippen LogP contribution in [0.25, 0.3) is 11.4 Å². The van der Waals surface area contributed by atoms with Crippen LogP contribution in [0, 0.1) is 5.92 Å². The Balaban J connectivity index is 0.00000180. The summed E-state index contributed by atoms with van der Waals surface area (Å²) in [6, 6.07) is 8.68. The van der Waals surface area contributed by atoms with E-state index in [4.69, 9.17) is 9.51 Å². The number of aromatic nitrogens is 2. The lowest BCUT2D eigenvalue weighted by atomic mass is 9.80. The minimum absolute atomic E-state index is 0. The van der Waals surface area contributed by atoms with Gasteiger partial charge in [0.25, 0.3) is 0 Å². The lowest BCUT2D eigenvalue weighted by Gasteiger charge is -2.26. The summed E-state index contributed by atoms with van der Waals surface area (Å²) >= 11 is 0. The molecule has 0 spiro atoms. The van der Waals surface area contributed by atoms with Crippen molar-refractivity contribution in [3.63, 3.8) is 0 Å². The minimum atomic E-state index is 0. The normalized spacial score (nSPS) is 28.1. The van der Waals surface area contributed by atoms with Crippen LogP contribution in [0.4, 0.5) is 0 Å². The third kappa shape index (κ3) is 3.53. The van der Waals surface area contributed by atoms with Gasteiger partial charge in [0.1, 0.15) is 0 Å². The molecule has 2 saturated heterocycles. The molecular weight excluding hydrogens is 360 g/mol. The van der Waals surface area contributed by atoms with Gasteiger partial charge in [-0.25, -0.2) is 0 Å². The largest absolute Gasteiger partial charge is 0.338 e. The quantitative estimate of drug-likeness (QED) is 0.863. The zero-order valence-electron chi connectivity index (χ0n) is 15.8. The Morgan fingerprint density at radius 1 is 1.19 bits per heavy atom. The number of piperidine rings is 1. The van der Waals surface area contributed by atoms with Crippen molar-refractivity contribution in [1.29, 1.82) is 0 Å². The van der Waals surface area contributed by atoms with Crippen molar-refractivity contribution in [2.75, 3.05) is 26.2 Å². The van der Waals surface area contributed by atoms with Gasteiger partial charge in [0, 0.05) is 18.7 Å². The van der Waals surface area contributed by atoms with Crippen LogP contribution in [-0.4, -0.2) is 41.2 Å². The van der Waals surface area contributed by atoms with E-state index in [2.05, 4.69) is 39.6 Å². The number of nitrogens with one attached hydrogen (secondary N) is 1. The molecule has 2 aliphatic heterocycles. The highest BCUT2D eigenvalue weighted by atomic mass is 35.5. The van der Waals surface area contributed by atoms with E-state index in [-0.39, 0.29) is 17.8 Å². The maximum absolute atomic E-state index is 5.79. The molecule has 146 valence electrons. The smallest absolute Gasteiger partial charge is 0.234 e. The zero-order valence-corrected chi connectivity index (χ0v) is 16.6. The number of likely N-dealkylation sites (tertiary alicyclic amines) is 1. The Morgan fingerprint density at radius 2 is 2.07 bits per heavy atom. The maximum Gasteiger partial charge on any atom is 0.234 e. The van der Waals surface area contributed by atoms with Crippen LogP contribution >= 0.6 is 12.4 Å². The fraction of sp³-hybridized carbons (Fsp3) is 0.619. The Labute approximate surface area is 167 Å². The first-order valence-electron chi connectivity index (χ1n) is 10.2. The number of benzene rings is 1. The number of nitrogens with zero attached hydrogens (tertiary/aromatic N) is 3. The van der Waals surface area contributed by atoms with E-state index in [0.29, 0.717) is 5.92 Å². The van der Waals surface area contributed by atoms with Crippen molar-refractivity contribution >= 4 is 12.4 Å². The second kappa shape index (κ2) is 7.90. The summed E-state index contributed by atoms with van der Waals surface area (Å²) < 4.78 is 5.79. The Hall–Kier alpha value is -1.43. The minimum Gasteiger partial charge on any atom is -0.338 e. The van der Waals surface area contributed by atoms with E-state index in [1.54, 1.807) is 0 Å². The molecule has 5 nitrogen and oxygen atoms in total. The van der Waals surface area contributed by atoms with Gasteiger partial charge in [0.15, 0.2) is 0 Å². The predicted molar refractivity (Wildman–Crippen MR) is 108 cm³/mol. The van der Waals surface area contributed by atoms with Crippen molar-refractivity contribution < 1.29 is 4.52 Å². The van der Waals surface area contributed by atoms with Gasteiger partial charge in [0.2, 0.25) is 11.7 Å². The lowest BCUT2D eigenvalue weighted by molar-refractivity contribution is 0.221. The van der Waals surface area contributed by atoms with Crippen molar-refractivity contribution in [2.24, 2.45) is 5.92 Å². The Morgan fingerprint density at radius 3 is 2.96 bits per heavy atom. The lowest BCUT2D eigenvalue weighted by Crippen LogP contribution is -2.31. The van der Waals surface area contributed by atoms with Gasteiger partial charge in [-0.1, -0.05) is 36.2 Å². The summed E-state index contributed by atoms with van der Waals surface area (Å²) in [6.07, 6.45) is 7.74. The molecule has 0 bridgehead atoms. The van der Waals surface area contributed by atoms with E-state index in [1.165, 1.54) is 57.2 Å². The van der Waals surface area contributed by atoms with E-state index in [9.17, 15) is 0 Å². The van der Waals surface area contributed by atoms with Gasteiger partial charge in [-0.15, -0.1) is 12.4 Å². The number of hydrogen-bond donors (Lipinski definition) is 1. The molecule has 1 aromatic heterocycles. The molecule has 1 aliphatic carbocycles. The van der Waals surface area contributed by atoms with Crippen LogP contribution < -0.4 is 5.32 Å². The van der Waals surface area contributed by atoms with E-state index in [0.717, 1.165) is 36.9 Å². The first kappa shape index (κ1) is 18.9. The van der Waals surface area contributed by atoms with Crippen LogP contribution in [0.1, 0.15) is 50.0 Å². The number of hydrogen-bond acceptors (Lipinski definition) is 5. The number of fused-ring (bicyclic) bond motifs is 1. The molecule has 2 atom stereocenters. The Kier molecular flexibility index (Phi) is 5.53. The van der Waals surface area contributed by atoms with Gasteiger partial charge in [-0.3, -0.25) is 4.90 Å². The van der Waals surface area contributed by atoms with Gasteiger partial charge in [0.05, 0.1) is 5.41 Å². The van der Waals surface area contributed by atoms with Gasteiger partial charge in [-0.05, 0) is 62.9 Å².